The molecule has 0 aromatic rings. The van der Waals surface area contributed by atoms with Gasteiger partial charge in [-0.05, 0) is 31.6 Å². The van der Waals surface area contributed by atoms with Crippen LogP contribution in [0.5, 0.6) is 0 Å². The quantitative estimate of drug-likeness (QED) is 0.364. The molecule has 5 amide bonds. The number of carbonyl (C=O) groups excluding carboxylic acids is 6. The average Bonchev–Trinajstić information content (AvgIpc) is 3.43. The second kappa shape index (κ2) is 15.0. The van der Waals surface area contributed by atoms with Crippen molar-refractivity contribution in [1.82, 2.24) is 25.3 Å². The SMILES string of the molecule is C=CC[C@H]1OC(=O)CCNC(=O)[C@H](C)N(C)C(=O)[C@H](C(C)C)N(C)C(=O)[C@H](C(C)CC)NC(=O)[C@@H]2CCCN2C1=O. The van der Waals surface area contributed by atoms with E-state index < -0.39 is 65.8 Å². The van der Waals surface area contributed by atoms with Crippen molar-refractivity contribution in [2.24, 2.45) is 11.8 Å². The highest BCUT2D eigenvalue weighted by Crippen LogP contribution is 2.23. The van der Waals surface area contributed by atoms with Crippen LogP contribution >= 0.6 is 0 Å². The van der Waals surface area contributed by atoms with Crippen molar-refractivity contribution < 1.29 is 33.5 Å². The van der Waals surface area contributed by atoms with Gasteiger partial charge in [0.05, 0.1) is 6.42 Å². The molecule has 0 saturated carbocycles. The summed E-state index contributed by atoms with van der Waals surface area (Å²) in [5, 5.41) is 5.51. The van der Waals surface area contributed by atoms with Gasteiger partial charge in [0, 0.05) is 33.6 Å². The van der Waals surface area contributed by atoms with Crippen LogP contribution in [0, 0.1) is 11.8 Å². The summed E-state index contributed by atoms with van der Waals surface area (Å²) in [5.74, 6) is -3.58. The Morgan fingerprint density at radius 2 is 1.66 bits per heavy atom. The molecule has 1 unspecified atom stereocenters. The standard InChI is InChI=1S/C29H47N5O7/c1-9-12-21-27(38)34-16-11-13-20(34)26(37)31-23(18(5)10-2)28(39)33(8)24(17(3)4)29(40)32(7)19(6)25(36)30-15-14-22(35)41-21/h9,17-21,23-24H,1,10-16H2,2-8H3,(H,30,36)(H,31,37)/t18?,19-,20-,21+,23-,24-/m0/s1. The van der Waals surface area contributed by atoms with E-state index in [1.54, 1.807) is 6.92 Å². The first kappa shape index (κ1) is 33.8. The highest BCUT2D eigenvalue weighted by atomic mass is 16.5. The molecule has 2 rings (SSSR count). The fourth-order valence-corrected chi connectivity index (χ4v) is 5.25. The average molecular weight is 578 g/mol. The molecule has 2 aliphatic rings. The summed E-state index contributed by atoms with van der Waals surface area (Å²) >= 11 is 0. The number of rotatable bonds is 5. The summed E-state index contributed by atoms with van der Waals surface area (Å²) in [4.78, 5) is 84.0. The van der Waals surface area contributed by atoms with E-state index in [0.29, 0.717) is 25.8 Å². The molecule has 2 heterocycles. The zero-order valence-electron chi connectivity index (χ0n) is 25.5. The van der Waals surface area contributed by atoms with Crippen LogP contribution in [0.2, 0.25) is 0 Å². The van der Waals surface area contributed by atoms with E-state index in [0.717, 1.165) is 0 Å². The van der Waals surface area contributed by atoms with Crippen molar-refractivity contribution in [1.29, 1.82) is 0 Å². The molecule has 0 aliphatic carbocycles. The molecular weight excluding hydrogens is 530 g/mol. The summed E-state index contributed by atoms with van der Waals surface area (Å²) in [6.45, 7) is 12.8. The van der Waals surface area contributed by atoms with Gasteiger partial charge in [0.2, 0.25) is 23.6 Å². The van der Waals surface area contributed by atoms with Gasteiger partial charge >= 0.3 is 5.97 Å². The molecule has 2 fully saturated rings. The number of nitrogens with zero attached hydrogens (tertiary/aromatic N) is 3. The van der Waals surface area contributed by atoms with E-state index in [1.165, 1.54) is 34.9 Å². The predicted octanol–water partition coefficient (Wildman–Crippen LogP) is 0.846. The molecule has 0 aromatic heterocycles. The zero-order chi connectivity index (χ0) is 31.0. The second-order valence-corrected chi connectivity index (χ2v) is 11.4. The lowest BCUT2D eigenvalue weighted by atomic mass is 9.94. The number of amides is 5. The van der Waals surface area contributed by atoms with Crippen LogP contribution in [-0.4, -0.2) is 108 Å². The molecule has 0 radical (unpaired) electrons. The monoisotopic (exact) mass is 577 g/mol. The van der Waals surface area contributed by atoms with Crippen LogP contribution in [0.3, 0.4) is 0 Å². The number of cyclic esters (lactones) is 1. The van der Waals surface area contributed by atoms with Gasteiger partial charge in [-0.2, -0.15) is 0 Å². The van der Waals surface area contributed by atoms with Crippen molar-refractivity contribution in [2.75, 3.05) is 27.2 Å². The molecule has 12 heteroatoms. The Morgan fingerprint density at radius 1 is 1.00 bits per heavy atom. The van der Waals surface area contributed by atoms with E-state index in [1.807, 2.05) is 27.7 Å². The molecule has 230 valence electrons. The van der Waals surface area contributed by atoms with Crippen LogP contribution < -0.4 is 10.6 Å². The molecule has 2 saturated heterocycles. The van der Waals surface area contributed by atoms with Crippen molar-refractivity contribution in [3.05, 3.63) is 12.7 Å². The lowest BCUT2D eigenvalue weighted by molar-refractivity contribution is -0.161. The van der Waals surface area contributed by atoms with E-state index in [2.05, 4.69) is 17.2 Å². The molecule has 6 atom stereocenters. The molecular formula is C29H47N5O7. The minimum atomic E-state index is -1.17. The normalized spacial score (nSPS) is 28.8. The van der Waals surface area contributed by atoms with Gasteiger partial charge < -0.3 is 30.1 Å². The Balaban J connectivity index is 2.53. The molecule has 12 nitrogen and oxygen atoms in total. The fraction of sp³-hybridized carbons (Fsp3) is 0.724. The Bertz CT molecular complexity index is 1020. The smallest absolute Gasteiger partial charge is 0.308 e. The number of esters is 1. The van der Waals surface area contributed by atoms with Crippen molar-refractivity contribution in [3.63, 3.8) is 0 Å². The van der Waals surface area contributed by atoms with Gasteiger partial charge in [-0.3, -0.25) is 28.8 Å². The first-order valence-electron chi connectivity index (χ1n) is 14.5. The third kappa shape index (κ3) is 8.07. The van der Waals surface area contributed by atoms with Crippen LogP contribution in [-0.2, 0) is 33.5 Å². The van der Waals surface area contributed by atoms with Crippen molar-refractivity contribution in [3.8, 4) is 0 Å². The summed E-state index contributed by atoms with van der Waals surface area (Å²) in [6.07, 6.45) is 1.70. The van der Waals surface area contributed by atoms with Crippen molar-refractivity contribution in [2.45, 2.75) is 97.0 Å². The van der Waals surface area contributed by atoms with E-state index in [4.69, 9.17) is 4.74 Å². The molecule has 0 bridgehead atoms. The molecule has 0 spiro atoms. The third-order valence-corrected chi connectivity index (χ3v) is 8.13. The van der Waals surface area contributed by atoms with Gasteiger partial charge in [-0.25, -0.2) is 0 Å². The van der Waals surface area contributed by atoms with Gasteiger partial charge in [-0.15, -0.1) is 6.58 Å². The van der Waals surface area contributed by atoms with Crippen LogP contribution in [0.1, 0.15) is 66.7 Å². The number of carbonyl (C=O) groups is 6. The largest absolute Gasteiger partial charge is 0.452 e. The van der Waals surface area contributed by atoms with Gasteiger partial charge in [0.15, 0.2) is 6.10 Å². The number of ether oxygens (including phenoxy) is 1. The minimum absolute atomic E-state index is 0.0566. The third-order valence-electron chi connectivity index (χ3n) is 8.13. The number of hydrogen-bond donors (Lipinski definition) is 2. The van der Waals surface area contributed by atoms with Crippen LogP contribution in [0.4, 0.5) is 0 Å². The number of fused-ring (bicyclic) bond motifs is 1. The number of hydrogen-bond acceptors (Lipinski definition) is 7. The van der Waals surface area contributed by atoms with Crippen molar-refractivity contribution >= 4 is 35.5 Å². The molecule has 0 aromatic carbocycles. The van der Waals surface area contributed by atoms with Crippen LogP contribution in [0.15, 0.2) is 12.7 Å². The maximum atomic E-state index is 13.9. The lowest BCUT2D eigenvalue weighted by Gasteiger charge is -2.38. The van der Waals surface area contributed by atoms with E-state index >= 15 is 0 Å². The minimum Gasteiger partial charge on any atom is -0.452 e. The maximum Gasteiger partial charge on any atom is 0.308 e. The fourth-order valence-electron chi connectivity index (χ4n) is 5.25. The first-order valence-corrected chi connectivity index (χ1v) is 14.5. The van der Waals surface area contributed by atoms with E-state index in [-0.39, 0.29) is 31.2 Å². The second-order valence-electron chi connectivity index (χ2n) is 11.4. The first-order chi connectivity index (χ1) is 19.3. The number of likely N-dealkylation sites (N-methyl/N-ethyl adjacent to an activating group) is 2. The summed E-state index contributed by atoms with van der Waals surface area (Å²) in [6, 6.07) is -3.57. The lowest BCUT2D eigenvalue weighted by Crippen LogP contribution is -2.60. The maximum absolute atomic E-state index is 13.9. The Morgan fingerprint density at radius 3 is 2.24 bits per heavy atom. The summed E-state index contributed by atoms with van der Waals surface area (Å²) in [7, 11) is 3.02. The zero-order valence-corrected chi connectivity index (χ0v) is 25.5. The highest BCUT2D eigenvalue weighted by molar-refractivity contribution is 5.96. The molecule has 2 aliphatic heterocycles. The van der Waals surface area contributed by atoms with Gasteiger partial charge in [-0.1, -0.05) is 40.2 Å². The molecule has 41 heavy (non-hydrogen) atoms. The van der Waals surface area contributed by atoms with Crippen LogP contribution in [0.25, 0.3) is 0 Å². The highest BCUT2D eigenvalue weighted by Gasteiger charge is 2.42. The topological polar surface area (TPSA) is 145 Å². The Kier molecular flexibility index (Phi) is 12.3. The predicted molar refractivity (Wildman–Crippen MR) is 152 cm³/mol. The Labute approximate surface area is 243 Å². The molecule has 2 N–H and O–H groups in total. The van der Waals surface area contributed by atoms with Gasteiger partial charge in [0.1, 0.15) is 24.2 Å². The number of nitrogens with one attached hydrogen (secondary N) is 2. The van der Waals surface area contributed by atoms with Gasteiger partial charge in [0.25, 0.3) is 5.91 Å². The summed E-state index contributed by atoms with van der Waals surface area (Å²) in [5.41, 5.74) is 0. The summed E-state index contributed by atoms with van der Waals surface area (Å²) < 4.78 is 5.45. The van der Waals surface area contributed by atoms with E-state index in [9.17, 15) is 28.8 Å². The Hall–Kier alpha value is -3.44.